The van der Waals surface area contributed by atoms with Crippen molar-refractivity contribution in [2.24, 2.45) is 5.41 Å². The molecule has 11 nitrogen and oxygen atoms in total. The number of rotatable bonds is 24. The van der Waals surface area contributed by atoms with Crippen LogP contribution in [0, 0.1) is 17.3 Å². The largest absolute Gasteiger partial charge is 0.460 e. The Morgan fingerprint density at radius 2 is 1.07 bits per heavy atom. The van der Waals surface area contributed by atoms with Crippen molar-refractivity contribution in [1.82, 2.24) is 5.32 Å². The molecule has 0 rings (SSSR count). The molecule has 0 aromatic heterocycles. The summed E-state index contributed by atoms with van der Waals surface area (Å²) in [7, 11) is 0. The van der Waals surface area contributed by atoms with Crippen LogP contribution in [0.1, 0.15) is 67.2 Å². The van der Waals surface area contributed by atoms with Crippen LogP contribution < -0.4 is 5.32 Å². The average Bonchev–Trinajstić information content (AvgIpc) is 2.87. The van der Waals surface area contributed by atoms with E-state index in [-0.39, 0.29) is 43.2 Å². The van der Waals surface area contributed by atoms with Gasteiger partial charge in [0.25, 0.3) is 5.91 Å². The zero-order valence-electron chi connectivity index (χ0n) is 26.1. The van der Waals surface area contributed by atoms with E-state index in [1.807, 2.05) is 20.8 Å². The minimum absolute atomic E-state index is 0.200. The number of amides is 1. The van der Waals surface area contributed by atoms with E-state index in [1.165, 1.54) is 0 Å². The fourth-order valence-corrected chi connectivity index (χ4v) is 2.81. The molecule has 11 heteroatoms. The maximum atomic E-state index is 11.8. The second kappa shape index (κ2) is 24.5. The molecular weight excluding hydrogens is 534 g/mol. The predicted molar refractivity (Wildman–Crippen MR) is 154 cm³/mol. The summed E-state index contributed by atoms with van der Waals surface area (Å²) in [4.78, 5) is 35.1. The molecule has 0 aromatic carbocycles. The molecule has 41 heavy (non-hydrogen) atoms. The molecule has 1 amide bonds. The maximum absolute atomic E-state index is 11.8. The van der Waals surface area contributed by atoms with Gasteiger partial charge in [0, 0.05) is 32.1 Å². The Balaban J connectivity index is 3.48. The van der Waals surface area contributed by atoms with E-state index >= 15 is 0 Å². The highest BCUT2D eigenvalue weighted by atomic mass is 16.6. The molecule has 0 atom stereocenters. The number of carbonyl (C=O) groups excluding carboxylic acids is 3. The number of carbonyl (C=O) groups is 3. The topological polar surface area (TPSA) is 128 Å². The van der Waals surface area contributed by atoms with E-state index in [0.717, 1.165) is 13.0 Å². The molecule has 238 valence electrons. The minimum atomic E-state index is -0.530. The second-order valence-electron chi connectivity index (χ2n) is 11.4. The Morgan fingerprint density at radius 1 is 0.585 bits per heavy atom. The predicted octanol–water partition coefficient (Wildman–Crippen LogP) is 2.72. The van der Waals surface area contributed by atoms with E-state index in [0.29, 0.717) is 72.5 Å². The first-order valence-corrected chi connectivity index (χ1v) is 14.4. The van der Waals surface area contributed by atoms with Crippen molar-refractivity contribution in [3.05, 3.63) is 0 Å². The monoisotopic (exact) mass is 587 g/mol. The van der Waals surface area contributed by atoms with Gasteiger partial charge in [0.2, 0.25) is 5.78 Å². The lowest BCUT2D eigenvalue weighted by Gasteiger charge is -2.19. The fourth-order valence-electron chi connectivity index (χ4n) is 2.81. The zero-order valence-corrected chi connectivity index (χ0v) is 26.1. The van der Waals surface area contributed by atoms with Crippen molar-refractivity contribution < 1.29 is 47.5 Å². The van der Waals surface area contributed by atoms with Crippen LogP contribution in [0.3, 0.4) is 0 Å². The van der Waals surface area contributed by atoms with Crippen LogP contribution >= 0.6 is 0 Å². The first-order chi connectivity index (χ1) is 19.4. The highest BCUT2D eigenvalue weighted by molar-refractivity contribution is 6.03. The van der Waals surface area contributed by atoms with E-state index in [2.05, 4.69) is 37.9 Å². The van der Waals surface area contributed by atoms with Gasteiger partial charge in [0.15, 0.2) is 0 Å². The molecule has 0 spiro atoms. The third-order valence-corrected chi connectivity index (χ3v) is 4.89. The van der Waals surface area contributed by atoms with Gasteiger partial charge in [-0.15, -0.1) is 0 Å². The number of nitrogens with one attached hydrogen (secondary N) is 1. The summed E-state index contributed by atoms with van der Waals surface area (Å²) < 4.78 is 37.7. The van der Waals surface area contributed by atoms with Crippen molar-refractivity contribution in [2.75, 3.05) is 85.8 Å². The van der Waals surface area contributed by atoms with Crippen molar-refractivity contribution in [3.63, 3.8) is 0 Å². The van der Waals surface area contributed by atoms with Crippen molar-refractivity contribution >= 4 is 17.7 Å². The van der Waals surface area contributed by atoms with Crippen LogP contribution in [0.2, 0.25) is 0 Å². The normalized spacial score (nSPS) is 11.6. The van der Waals surface area contributed by atoms with Crippen LogP contribution in [0.15, 0.2) is 0 Å². The van der Waals surface area contributed by atoms with Gasteiger partial charge in [-0.2, -0.15) is 0 Å². The third kappa shape index (κ3) is 32.3. The Labute approximate surface area is 246 Å². The van der Waals surface area contributed by atoms with Gasteiger partial charge < -0.3 is 38.5 Å². The van der Waals surface area contributed by atoms with Crippen LogP contribution in [-0.4, -0.2) is 109 Å². The Bertz CT molecular complexity index is 762. The lowest BCUT2D eigenvalue weighted by Crippen LogP contribution is -2.26. The molecule has 0 aliphatic carbocycles. The van der Waals surface area contributed by atoms with Crippen LogP contribution in [0.5, 0.6) is 0 Å². The Hall–Kier alpha value is -2.07. The minimum Gasteiger partial charge on any atom is -0.460 e. The van der Waals surface area contributed by atoms with Gasteiger partial charge in [-0.3, -0.25) is 14.4 Å². The van der Waals surface area contributed by atoms with Crippen LogP contribution in [-0.2, 0) is 47.5 Å². The van der Waals surface area contributed by atoms with Gasteiger partial charge in [0.05, 0.1) is 72.5 Å². The molecule has 0 unspecified atom stereocenters. The molecule has 0 heterocycles. The maximum Gasteiger partial charge on any atom is 0.308 e. The number of esters is 1. The van der Waals surface area contributed by atoms with E-state index in [1.54, 1.807) is 0 Å². The molecule has 0 saturated heterocycles. The Kier molecular flexibility index (Phi) is 23.3. The van der Waals surface area contributed by atoms with Crippen LogP contribution in [0.4, 0.5) is 0 Å². The van der Waals surface area contributed by atoms with Crippen molar-refractivity contribution in [2.45, 2.75) is 72.8 Å². The van der Waals surface area contributed by atoms with Gasteiger partial charge in [-0.1, -0.05) is 20.8 Å². The number of hydrogen-bond donors (Lipinski definition) is 1. The molecule has 0 aromatic rings. The van der Waals surface area contributed by atoms with Crippen molar-refractivity contribution in [1.29, 1.82) is 0 Å². The molecule has 0 aliphatic heterocycles. The summed E-state index contributed by atoms with van der Waals surface area (Å²) in [6, 6.07) is 0. The summed E-state index contributed by atoms with van der Waals surface area (Å²) in [5.74, 6) is 3.49. The fraction of sp³-hybridized carbons (Fsp3) is 0.833. The smallest absolute Gasteiger partial charge is 0.308 e. The second-order valence-corrected chi connectivity index (χ2v) is 11.4. The number of ether oxygens (including phenoxy) is 7. The average molecular weight is 588 g/mol. The summed E-state index contributed by atoms with van der Waals surface area (Å²) >= 11 is 0. The molecule has 0 saturated carbocycles. The number of Topliss-reactive ketones (excluding diaryl/α,β-unsaturated/α-hetero) is 1. The van der Waals surface area contributed by atoms with E-state index in [4.69, 9.17) is 33.2 Å². The quantitative estimate of drug-likeness (QED) is 0.0779. The van der Waals surface area contributed by atoms with E-state index < -0.39 is 11.5 Å². The number of ketones is 1. The highest BCUT2D eigenvalue weighted by Crippen LogP contribution is 2.17. The van der Waals surface area contributed by atoms with Crippen molar-refractivity contribution in [3.8, 4) is 11.8 Å². The Morgan fingerprint density at radius 3 is 1.61 bits per heavy atom. The molecule has 0 aliphatic rings. The summed E-state index contributed by atoms with van der Waals surface area (Å²) in [5, 5.41) is 2.57. The number of hydrogen-bond acceptors (Lipinski definition) is 10. The van der Waals surface area contributed by atoms with Crippen LogP contribution in [0.25, 0.3) is 0 Å². The van der Waals surface area contributed by atoms with Gasteiger partial charge in [0.1, 0.15) is 5.60 Å². The summed E-state index contributed by atoms with van der Waals surface area (Å²) in [5.41, 5.74) is -0.224. The molecular formula is C30H53NO10. The molecule has 1 N–H and O–H groups in total. The standard InChI is InChI=1S/C30H53NO10/c1-29(2,3)12-16-37-20-24-39-22-18-35-14-7-8-26(32)9-10-27(33)31-13-17-38-21-25-40-23-19-36-15-11-28(34)41-30(4,5)6/h7-8,11-25H2,1-6H3,(H,31,33). The van der Waals surface area contributed by atoms with Gasteiger partial charge >= 0.3 is 5.97 Å². The third-order valence-electron chi connectivity index (χ3n) is 4.89. The first kappa shape index (κ1) is 38.9. The molecule has 0 bridgehead atoms. The highest BCUT2D eigenvalue weighted by Gasteiger charge is 2.15. The lowest BCUT2D eigenvalue weighted by molar-refractivity contribution is -0.156. The molecule has 0 radical (unpaired) electrons. The van der Waals surface area contributed by atoms with E-state index in [9.17, 15) is 14.4 Å². The SMILES string of the molecule is CC(C)(C)CCOCCOCCOCCCC(=O)C#CC(=O)NCCOCCOCCOCCC(=O)OC(C)(C)C. The lowest BCUT2D eigenvalue weighted by atomic mass is 9.93. The van der Waals surface area contributed by atoms with Gasteiger partial charge in [-0.25, -0.2) is 0 Å². The van der Waals surface area contributed by atoms with Gasteiger partial charge in [-0.05, 0) is 44.9 Å². The first-order valence-electron chi connectivity index (χ1n) is 14.4. The summed E-state index contributed by atoms with van der Waals surface area (Å²) in [6.45, 7) is 17.5. The molecule has 0 fully saturated rings. The zero-order chi connectivity index (χ0) is 30.8. The summed E-state index contributed by atoms with van der Waals surface area (Å²) in [6.07, 6.45) is 1.96.